The van der Waals surface area contributed by atoms with Gasteiger partial charge in [0.1, 0.15) is 0 Å². The van der Waals surface area contributed by atoms with E-state index >= 15 is 0 Å². The van der Waals surface area contributed by atoms with E-state index in [0.717, 1.165) is 29.6 Å². The molecule has 0 N–H and O–H groups in total. The Morgan fingerprint density at radius 1 is 1.23 bits per heavy atom. The monoisotopic (exact) mass is 371 g/mol. The van der Waals surface area contributed by atoms with E-state index in [1.807, 2.05) is 36.7 Å². The van der Waals surface area contributed by atoms with Crippen LogP contribution in [0.15, 0.2) is 42.9 Å². The summed E-state index contributed by atoms with van der Waals surface area (Å²) in [7, 11) is -3.17. The van der Waals surface area contributed by atoms with Crippen LogP contribution in [-0.2, 0) is 10.0 Å². The molecule has 26 heavy (non-hydrogen) atoms. The van der Waals surface area contributed by atoms with Crippen molar-refractivity contribution in [3.63, 3.8) is 0 Å². The molecule has 0 saturated carbocycles. The van der Waals surface area contributed by atoms with Gasteiger partial charge in [-0.3, -0.25) is 4.98 Å². The van der Waals surface area contributed by atoms with Gasteiger partial charge in [-0.15, -0.1) is 0 Å². The maximum atomic E-state index is 12.2. The quantitative estimate of drug-likeness (QED) is 0.703. The summed E-state index contributed by atoms with van der Waals surface area (Å²) < 4.78 is 27.7. The van der Waals surface area contributed by atoms with Gasteiger partial charge >= 0.3 is 0 Å². The van der Waals surface area contributed by atoms with Crippen LogP contribution in [0.1, 0.15) is 31.5 Å². The molecule has 1 aliphatic heterocycles. The topological polar surface area (TPSA) is 80.5 Å². The van der Waals surface area contributed by atoms with E-state index in [2.05, 4.69) is 15.1 Å². The Morgan fingerprint density at radius 2 is 2.12 bits per heavy atom. The van der Waals surface area contributed by atoms with Crippen molar-refractivity contribution >= 4 is 15.7 Å². The fraction of sp³-hybridized carbons (Fsp3) is 0.389. The van der Waals surface area contributed by atoms with Gasteiger partial charge in [0.05, 0.1) is 5.75 Å². The molecule has 1 fully saturated rings. The van der Waals surface area contributed by atoms with Crippen molar-refractivity contribution in [3.8, 4) is 11.1 Å². The number of hydrogen-bond donors (Lipinski definition) is 0. The molecule has 3 aromatic rings. The lowest BCUT2D eigenvalue weighted by atomic mass is 9.99. The Balaban J connectivity index is 1.63. The van der Waals surface area contributed by atoms with Crippen molar-refractivity contribution in [2.75, 3.05) is 18.8 Å². The van der Waals surface area contributed by atoms with Gasteiger partial charge in [0.2, 0.25) is 10.0 Å². The zero-order chi connectivity index (χ0) is 18.1. The zero-order valence-corrected chi connectivity index (χ0v) is 15.4. The van der Waals surface area contributed by atoms with E-state index in [1.54, 1.807) is 21.9 Å². The minimum absolute atomic E-state index is 0.0341. The first kappa shape index (κ1) is 17.1. The van der Waals surface area contributed by atoms with Gasteiger partial charge in [-0.05, 0) is 38.0 Å². The Bertz CT molecular complexity index is 1020. The standard InChI is InChI=1S/C18H21N5O2S/c1-2-26(24,25)22-10-4-6-16(12-22)18-20-17-8-7-15(13-23(17)21-18)14-5-3-9-19-11-14/h3,5,7-9,11,13,16H,2,4,6,10,12H2,1H3. The van der Waals surface area contributed by atoms with Gasteiger partial charge in [0.15, 0.2) is 11.5 Å². The highest BCUT2D eigenvalue weighted by molar-refractivity contribution is 7.89. The summed E-state index contributed by atoms with van der Waals surface area (Å²) in [5.74, 6) is 0.878. The van der Waals surface area contributed by atoms with E-state index in [1.165, 1.54) is 0 Å². The highest BCUT2D eigenvalue weighted by Gasteiger charge is 2.30. The van der Waals surface area contributed by atoms with Gasteiger partial charge in [0.25, 0.3) is 0 Å². The summed E-state index contributed by atoms with van der Waals surface area (Å²) in [5, 5.41) is 4.63. The molecule has 1 aliphatic rings. The van der Waals surface area contributed by atoms with E-state index in [9.17, 15) is 8.42 Å². The highest BCUT2D eigenvalue weighted by atomic mass is 32.2. The molecule has 136 valence electrons. The molecule has 1 atom stereocenters. The first-order valence-corrected chi connectivity index (χ1v) is 10.4. The van der Waals surface area contributed by atoms with E-state index in [4.69, 9.17) is 0 Å². The second kappa shape index (κ2) is 6.77. The van der Waals surface area contributed by atoms with Crippen LogP contribution in [0.3, 0.4) is 0 Å². The van der Waals surface area contributed by atoms with Crippen LogP contribution in [-0.4, -0.2) is 51.1 Å². The van der Waals surface area contributed by atoms with E-state index < -0.39 is 10.0 Å². The number of nitrogens with zero attached hydrogens (tertiary/aromatic N) is 5. The Labute approximate surface area is 152 Å². The minimum Gasteiger partial charge on any atom is -0.264 e. The number of aromatic nitrogens is 4. The van der Waals surface area contributed by atoms with Crippen molar-refractivity contribution in [3.05, 3.63) is 48.7 Å². The molecule has 0 radical (unpaired) electrons. The Hall–Kier alpha value is -2.32. The number of sulfonamides is 1. The number of fused-ring (bicyclic) bond motifs is 1. The third-order valence-corrected chi connectivity index (χ3v) is 6.70. The molecule has 4 rings (SSSR count). The number of pyridine rings is 2. The van der Waals surface area contributed by atoms with Crippen LogP contribution in [0.2, 0.25) is 0 Å². The lowest BCUT2D eigenvalue weighted by Crippen LogP contribution is -2.40. The molecule has 0 aromatic carbocycles. The SMILES string of the molecule is CCS(=O)(=O)N1CCCC(c2nc3ccc(-c4cccnc4)cn3n2)C1. The van der Waals surface area contributed by atoms with Crippen molar-refractivity contribution < 1.29 is 8.42 Å². The van der Waals surface area contributed by atoms with Gasteiger partial charge < -0.3 is 0 Å². The molecule has 3 aromatic heterocycles. The number of rotatable bonds is 4. The number of piperidine rings is 1. The first-order chi connectivity index (χ1) is 12.6. The van der Waals surface area contributed by atoms with Crippen LogP contribution < -0.4 is 0 Å². The average molecular weight is 371 g/mol. The van der Waals surface area contributed by atoms with Crippen molar-refractivity contribution in [1.82, 2.24) is 23.9 Å². The van der Waals surface area contributed by atoms with Crippen LogP contribution in [0, 0.1) is 0 Å². The zero-order valence-electron chi connectivity index (χ0n) is 14.6. The van der Waals surface area contributed by atoms with Gasteiger partial charge in [0, 0.05) is 48.7 Å². The van der Waals surface area contributed by atoms with Crippen LogP contribution in [0.5, 0.6) is 0 Å². The molecule has 1 saturated heterocycles. The Kier molecular flexibility index (Phi) is 4.46. The highest BCUT2D eigenvalue weighted by Crippen LogP contribution is 2.27. The second-order valence-electron chi connectivity index (χ2n) is 6.53. The summed E-state index contributed by atoms with van der Waals surface area (Å²) in [6.07, 6.45) is 7.23. The molecule has 8 heteroatoms. The lowest BCUT2D eigenvalue weighted by molar-refractivity contribution is 0.309. The summed E-state index contributed by atoms with van der Waals surface area (Å²) in [4.78, 5) is 8.78. The van der Waals surface area contributed by atoms with Crippen LogP contribution in [0.4, 0.5) is 0 Å². The van der Waals surface area contributed by atoms with E-state index in [-0.39, 0.29) is 11.7 Å². The predicted octanol–water partition coefficient (Wildman–Crippen LogP) is 2.32. The number of hydrogen-bond acceptors (Lipinski definition) is 5. The molecule has 0 spiro atoms. The van der Waals surface area contributed by atoms with Gasteiger partial charge in [-0.2, -0.15) is 5.10 Å². The maximum Gasteiger partial charge on any atom is 0.213 e. The maximum absolute atomic E-state index is 12.2. The van der Waals surface area contributed by atoms with Crippen LogP contribution in [0.25, 0.3) is 16.8 Å². The third-order valence-electron chi connectivity index (χ3n) is 4.85. The van der Waals surface area contributed by atoms with Crippen LogP contribution >= 0.6 is 0 Å². The molecule has 1 unspecified atom stereocenters. The van der Waals surface area contributed by atoms with Crippen molar-refractivity contribution in [2.24, 2.45) is 0 Å². The lowest BCUT2D eigenvalue weighted by Gasteiger charge is -2.30. The molecule has 0 bridgehead atoms. The summed E-state index contributed by atoms with van der Waals surface area (Å²) in [6, 6.07) is 7.83. The largest absolute Gasteiger partial charge is 0.264 e. The normalized spacial score (nSPS) is 19.0. The van der Waals surface area contributed by atoms with E-state index in [0.29, 0.717) is 18.9 Å². The molecular formula is C18H21N5O2S. The molecule has 4 heterocycles. The van der Waals surface area contributed by atoms with Gasteiger partial charge in [-0.1, -0.05) is 6.07 Å². The second-order valence-corrected chi connectivity index (χ2v) is 8.79. The average Bonchev–Trinajstić information content (AvgIpc) is 3.12. The molecular weight excluding hydrogens is 350 g/mol. The summed E-state index contributed by atoms with van der Waals surface area (Å²) in [6.45, 7) is 2.73. The molecule has 7 nitrogen and oxygen atoms in total. The fourth-order valence-electron chi connectivity index (χ4n) is 3.37. The van der Waals surface area contributed by atoms with Gasteiger partial charge in [-0.25, -0.2) is 22.2 Å². The van der Waals surface area contributed by atoms with Crippen molar-refractivity contribution in [1.29, 1.82) is 0 Å². The fourth-order valence-corrected chi connectivity index (χ4v) is 4.55. The summed E-state index contributed by atoms with van der Waals surface area (Å²) in [5.41, 5.74) is 2.80. The van der Waals surface area contributed by atoms with Crippen molar-refractivity contribution in [2.45, 2.75) is 25.7 Å². The first-order valence-electron chi connectivity index (χ1n) is 8.81. The summed E-state index contributed by atoms with van der Waals surface area (Å²) >= 11 is 0. The Morgan fingerprint density at radius 3 is 2.88 bits per heavy atom. The predicted molar refractivity (Wildman–Crippen MR) is 99.2 cm³/mol. The molecule has 0 aliphatic carbocycles. The third kappa shape index (κ3) is 3.22. The smallest absolute Gasteiger partial charge is 0.213 e. The minimum atomic E-state index is -3.17. The molecule has 0 amide bonds.